The van der Waals surface area contributed by atoms with Gasteiger partial charge in [-0.1, -0.05) is 38.6 Å². The monoisotopic (exact) mass is 445 g/mol. The molecule has 162 valence electrons. The van der Waals surface area contributed by atoms with Crippen molar-refractivity contribution in [1.29, 1.82) is 0 Å². The van der Waals surface area contributed by atoms with Crippen LogP contribution < -0.4 is 9.64 Å². The van der Waals surface area contributed by atoms with Gasteiger partial charge in [0.1, 0.15) is 17.5 Å². The first-order valence-corrected chi connectivity index (χ1v) is 11.7. The number of likely N-dealkylation sites (N-methyl/N-ethyl adjacent to an activating group) is 1. The van der Waals surface area contributed by atoms with Crippen LogP contribution in [0.4, 0.5) is 5.69 Å². The normalized spacial score (nSPS) is 23.9. The van der Waals surface area contributed by atoms with Crippen LogP contribution in [0.3, 0.4) is 0 Å². The van der Waals surface area contributed by atoms with E-state index in [0.717, 1.165) is 33.2 Å². The molecule has 1 aromatic carbocycles. The predicted molar refractivity (Wildman–Crippen MR) is 123 cm³/mol. The molecule has 2 aliphatic rings. The molecule has 0 spiro atoms. The molecule has 2 unspecified atom stereocenters. The summed E-state index contributed by atoms with van der Waals surface area (Å²) in [5.74, 6) is 0.787. The third kappa shape index (κ3) is 3.77. The second-order valence-electron chi connectivity index (χ2n) is 9.18. The molecule has 0 saturated heterocycles. The third-order valence-corrected chi connectivity index (χ3v) is 8.16. The maximum atomic E-state index is 12.9. The first-order chi connectivity index (χ1) is 14.0. The summed E-state index contributed by atoms with van der Waals surface area (Å²) in [4.78, 5) is 17.1. The summed E-state index contributed by atoms with van der Waals surface area (Å²) in [6.45, 7) is 10.4. The van der Waals surface area contributed by atoms with Crippen molar-refractivity contribution in [2.45, 2.75) is 56.3 Å². The SMILES string of the molecule is COc1ccc2c(c1)SC1=C(C=CC(OC)C1(C=O)C(C)(C)O[Si]C(C)(C)C)N2C. The van der Waals surface area contributed by atoms with Gasteiger partial charge in [0.25, 0.3) is 0 Å². The van der Waals surface area contributed by atoms with Crippen LogP contribution in [0.2, 0.25) is 5.04 Å². The van der Waals surface area contributed by atoms with E-state index in [0.29, 0.717) is 0 Å². The van der Waals surface area contributed by atoms with Crippen molar-refractivity contribution >= 4 is 33.5 Å². The molecule has 1 aliphatic carbocycles. The minimum Gasteiger partial charge on any atom is -0.497 e. The van der Waals surface area contributed by atoms with Gasteiger partial charge in [0.15, 0.2) is 0 Å². The standard InChI is InChI=1S/C23H31NO4SSi/c1-21(2,3)30-28-22(4,5)23(14-25)19(27-8)12-11-17-20(23)29-18-13-15(26-7)9-10-16(18)24(17)6/h9-14,19H,1-8H3. The Morgan fingerprint density at radius 2 is 1.90 bits per heavy atom. The van der Waals surface area contributed by atoms with E-state index in [4.69, 9.17) is 13.9 Å². The Hall–Kier alpha value is -1.54. The number of anilines is 1. The number of allylic oxidation sites excluding steroid dienone is 1. The summed E-state index contributed by atoms with van der Waals surface area (Å²) in [6.07, 6.45) is 4.62. The van der Waals surface area contributed by atoms with Crippen LogP contribution in [0.5, 0.6) is 5.75 Å². The maximum absolute atomic E-state index is 12.9. The molecule has 0 bridgehead atoms. The number of carbonyl (C=O) groups excluding carboxylic acids is 1. The van der Waals surface area contributed by atoms with E-state index in [1.54, 1.807) is 26.0 Å². The molecule has 1 heterocycles. The van der Waals surface area contributed by atoms with E-state index >= 15 is 0 Å². The fraction of sp³-hybridized carbons (Fsp3) is 0.522. The van der Waals surface area contributed by atoms with Crippen molar-refractivity contribution in [3.63, 3.8) is 0 Å². The second kappa shape index (κ2) is 8.18. The minimum absolute atomic E-state index is 0.00208. The zero-order valence-electron chi connectivity index (χ0n) is 19.0. The number of rotatable bonds is 6. The molecule has 7 heteroatoms. The number of thioether (sulfide) groups is 1. The molecule has 3 rings (SSSR count). The van der Waals surface area contributed by atoms with Gasteiger partial charge in [-0.05, 0) is 43.2 Å². The lowest BCUT2D eigenvalue weighted by molar-refractivity contribution is -0.135. The third-order valence-electron chi connectivity index (χ3n) is 5.64. The van der Waals surface area contributed by atoms with Crippen LogP contribution in [-0.4, -0.2) is 49.0 Å². The van der Waals surface area contributed by atoms with Gasteiger partial charge in [0.2, 0.25) is 9.76 Å². The molecule has 0 fully saturated rings. The zero-order valence-corrected chi connectivity index (χ0v) is 20.8. The van der Waals surface area contributed by atoms with E-state index in [-0.39, 0.29) is 14.8 Å². The Kier molecular flexibility index (Phi) is 6.31. The van der Waals surface area contributed by atoms with Crippen molar-refractivity contribution in [2.24, 2.45) is 5.41 Å². The van der Waals surface area contributed by atoms with Gasteiger partial charge >= 0.3 is 0 Å². The summed E-state index contributed by atoms with van der Waals surface area (Å²) < 4.78 is 17.8. The average Bonchev–Trinajstić information content (AvgIpc) is 2.70. The summed E-state index contributed by atoms with van der Waals surface area (Å²) in [5.41, 5.74) is 0.310. The van der Waals surface area contributed by atoms with Crippen LogP contribution in [0.15, 0.2) is 45.8 Å². The number of methoxy groups -OCH3 is 2. The van der Waals surface area contributed by atoms with Crippen molar-refractivity contribution in [1.82, 2.24) is 0 Å². The van der Waals surface area contributed by atoms with E-state index in [2.05, 4.69) is 25.7 Å². The summed E-state index contributed by atoms with van der Waals surface area (Å²) in [7, 11) is 5.58. The van der Waals surface area contributed by atoms with Crippen LogP contribution in [0.1, 0.15) is 34.6 Å². The first-order valence-electron chi connectivity index (χ1n) is 9.97. The number of fused-ring (bicyclic) bond motifs is 1. The highest BCUT2D eigenvalue weighted by Crippen LogP contribution is 2.58. The van der Waals surface area contributed by atoms with Crippen molar-refractivity contribution in [3.8, 4) is 5.75 Å². The number of ether oxygens (including phenoxy) is 2. The lowest BCUT2D eigenvalue weighted by atomic mass is 9.67. The fourth-order valence-electron chi connectivity index (χ4n) is 3.88. The molecule has 0 saturated carbocycles. The number of aldehydes is 1. The van der Waals surface area contributed by atoms with Crippen LogP contribution in [0.25, 0.3) is 0 Å². The number of nitrogens with zero attached hydrogens (tertiary/aromatic N) is 1. The summed E-state index contributed by atoms with van der Waals surface area (Å²) in [6, 6.07) is 6.02. The van der Waals surface area contributed by atoms with Gasteiger partial charge in [-0.25, -0.2) is 0 Å². The van der Waals surface area contributed by atoms with Crippen LogP contribution in [0, 0.1) is 5.41 Å². The minimum atomic E-state index is -0.982. The molecule has 2 radical (unpaired) electrons. The Morgan fingerprint density at radius 1 is 1.20 bits per heavy atom. The lowest BCUT2D eigenvalue weighted by Gasteiger charge is -2.51. The average molecular weight is 446 g/mol. The summed E-state index contributed by atoms with van der Waals surface area (Å²) >= 11 is 1.60. The van der Waals surface area contributed by atoms with E-state index in [9.17, 15) is 4.79 Å². The quantitative estimate of drug-likeness (QED) is 0.461. The number of benzene rings is 1. The molecule has 30 heavy (non-hydrogen) atoms. The Bertz CT molecular complexity index is 890. The predicted octanol–water partition coefficient (Wildman–Crippen LogP) is 4.85. The van der Waals surface area contributed by atoms with Crippen molar-refractivity contribution in [2.75, 3.05) is 26.2 Å². The van der Waals surface area contributed by atoms with Gasteiger partial charge in [0, 0.05) is 24.0 Å². The highest BCUT2D eigenvalue weighted by molar-refractivity contribution is 8.03. The molecule has 2 atom stereocenters. The maximum Gasteiger partial charge on any atom is 0.236 e. The van der Waals surface area contributed by atoms with Gasteiger partial charge in [-0.3, -0.25) is 0 Å². The number of carbonyl (C=O) groups is 1. The van der Waals surface area contributed by atoms with Gasteiger partial charge in [-0.15, -0.1) is 0 Å². The van der Waals surface area contributed by atoms with E-state index < -0.39 is 17.1 Å². The Balaban J connectivity index is 2.15. The number of hydrogen-bond donors (Lipinski definition) is 0. The first kappa shape index (κ1) is 23.1. The molecule has 0 N–H and O–H groups in total. The molecule has 1 aromatic rings. The van der Waals surface area contributed by atoms with Gasteiger partial charge in [-0.2, -0.15) is 0 Å². The Morgan fingerprint density at radius 3 is 2.47 bits per heavy atom. The molecule has 5 nitrogen and oxygen atoms in total. The molecule has 1 aliphatic heterocycles. The van der Waals surface area contributed by atoms with Crippen LogP contribution in [-0.2, 0) is 14.0 Å². The van der Waals surface area contributed by atoms with E-state index in [1.165, 1.54) is 0 Å². The highest BCUT2D eigenvalue weighted by Gasteiger charge is 2.58. The second-order valence-corrected chi connectivity index (χ2v) is 12.1. The van der Waals surface area contributed by atoms with Gasteiger partial charge < -0.3 is 23.6 Å². The number of hydrogen-bond acceptors (Lipinski definition) is 6. The smallest absolute Gasteiger partial charge is 0.236 e. The fourth-order valence-corrected chi connectivity index (χ4v) is 6.20. The van der Waals surface area contributed by atoms with Gasteiger partial charge in [0.05, 0.1) is 30.2 Å². The lowest BCUT2D eigenvalue weighted by Crippen LogP contribution is -2.58. The van der Waals surface area contributed by atoms with E-state index in [1.807, 2.05) is 51.2 Å². The Labute approximate surface area is 186 Å². The van der Waals surface area contributed by atoms with Crippen molar-refractivity contribution in [3.05, 3.63) is 41.0 Å². The molecule has 0 aromatic heterocycles. The topological polar surface area (TPSA) is 48.0 Å². The largest absolute Gasteiger partial charge is 0.497 e. The zero-order chi connectivity index (χ0) is 22.3. The van der Waals surface area contributed by atoms with Crippen molar-refractivity contribution < 1.29 is 18.7 Å². The molecular formula is C23H31NO4SSi. The molecule has 0 amide bonds. The highest BCUT2D eigenvalue weighted by atomic mass is 32.2. The molecular weight excluding hydrogens is 414 g/mol. The summed E-state index contributed by atoms with van der Waals surface area (Å²) in [5, 5.41) is 0.00208. The van der Waals surface area contributed by atoms with Crippen LogP contribution >= 0.6 is 11.8 Å².